The SMILES string of the molecule is [C-]#[N+]c1ccc(N2CCN(Cc3ccnn3Cc3ccc4c5c(cccc35)C(=O)N4C3CCC(=O)NC3=O)CC2)c(F)c1. The fourth-order valence-electron chi connectivity index (χ4n) is 6.44. The number of benzene rings is 3. The summed E-state index contributed by atoms with van der Waals surface area (Å²) in [6.07, 6.45) is 2.28. The van der Waals surface area contributed by atoms with Gasteiger partial charge in [0.15, 0.2) is 5.69 Å². The maximum absolute atomic E-state index is 14.6. The zero-order valence-corrected chi connectivity index (χ0v) is 23.3. The summed E-state index contributed by atoms with van der Waals surface area (Å²) in [6.45, 7) is 11.2. The standard InChI is InChI=1S/C32H28FN7O3/c1-34-21-6-8-26(25(33)17-21)38-15-13-37(14-16-38)19-22-11-12-35-39(22)18-20-5-7-27-30-23(20)3-2-4-24(30)32(43)40(27)28-9-10-29(41)36-31(28)42/h2-8,11-12,17,28H,9-10,13-16,18-19H2,(H,36,41,42). The summed E-state index contributed by atoms with van der Waals surface area (Å²) in [6, 6.07) is 15.4. The molecule has 0 radical (unpaired) electrons. The van der Waals surface area contributed by atoms with Gasteiger partial charge in [-0.25, -0.2) is 9.24 Å². The second-order valence-electron chi connectivity index (χ2n) is 11.1. The Kier molecular flexibility index (Phi) is 6.63. The second-order valence-corrected chi connectivity index (χ2v) is 11.1. The van der Waals surface area contributed by atoms with Crippen molar-refractivity contribution in [2.24, 2.45) is 0 Å². The average Bonchev–Trinajstić information content (AvgIpc) is 3.57. The smallest absolute Gasteiger partial charge is 0.259 e. The summed E-state index contributed by atoms with van der Waals surface area (Å²) in [7, 11) is 0. The number of imide groups is 1. The molecule has 11 heteroatoms. The van der Waals surface area contributed by atoms with E-state index in [1.807, 2.05) is 39.9 Å². The topological polar surface area (TPSA) is 95.1 Å². The van der Waals surface area contributed by atoms with Gasteiger partial charge < -0.3 is 4.90 Å². The molecule has 1 atom stereocenters. The van der Waals surface area contributed by atoms with Crippen molar-refractivity contribution in [3.8, 4) is 0 Å². The first kappa shape index (κ1) is 26.8. The molecule has 3 aliphatic heterocycles. The lowest BCUT2D eigenvalue weighted by atomic mass is 10.00. The van der Waals surface area contributed by atoms with E-state index in [1.54, 1.807) is 24.4 Å². The zero-order valence-electron chi connectivity index (χ0n) is 23.3. The molecule has 4 aromatic rings. The summed E-state index contributed by atoms with van der Waals surface area (Å²) in [5, 5.41) is 8.71. The predicted octanol–water partition coefficient (Wildman–Crippen LogP) is 3.86. The predicted molar refractivity (Wildman–Crippen MR) is 158 cm³/mol. The van der Waals surface area contributed by atoms with Crippen LogP contribution in [0.4, 0.5) is 21.5 Å². The van der Waals surface area contributed by atoms with Crippen LogP contribution in [0.2, 0.25) is 0 Å². The number of nitrogens with one attached hydrogen (secondary N) is 1. The first-order valence-corrected chi connectivity index (χ1v) is 14.3. The van der Waals surface area contributed by atoms with Crippen molar-refractivity contribution in [3.05, 3.63) is 94.8 Å². The highest BCUT2D eigenvalue weighted by molar-refractivity contribution is 6.27. The van der Waals surface area contributed by atoms with Crippen LogP contribution >= 0.6 is 0 Å². The Balaban J connectivity index is 1.08. The molecule has 0 saturated carbocycles. The number of rotatable bonds is 6. The van der Waals surface area contributed by atoms with Crippen molar-refractivity contribution in [2.45, 2.75) is 32.0 Å². The Morgan fingerprint density at radius 1 is 0.977 bits per heavy atom. The van der Waals surface area contributed by atoms with Crippen LogP contribution in [-0.4, -0.2) is 64.6 Å². The van der Waals surface area contributed by atoms with Crippen LogP contribution in [0.25, 0.3) is 15.6 Å². The zero-order chi connectivity index (χ0) is 29.7. The Morgan fingerprint density at radius 2 is 1.79 bits per heavy atom. The third-order valence-corrected chi connectivity index (χ3v) is 8.62. The lowest BCUT2D eigenvalue weighted by Gasteiger charge is -2.36. The summed E-state index contributed by atoms with van der Waals surface area (Å²) in [4.78, 5) is 47.0. The number of nitrogens with zero attached hydrogens (tertiary/aromatic N) is 6. The Morgan fingerprint density at radius 3 is 2.56 bits per heavy atom. The van der Waals surface area contributed by atoms with Crippen LogP contribution in [0.3, 0.4) is 0 Å². The van der Waals surface area contributed by atoms with Crippen LogP contribution in [0.1, 0.15) is 34.5 Å². The molecule has 2 fully saturated rings. The van der Waals surface area contributed by atoms with Gasteiger partial charge in [-0.05, 0) is 47.7 Å². The number of amides is 3. The number of halogens is 1. The number of hydrogen-bond donors (Lipinski definition) is 1. The third-order valence-electron chi connectivity index (χ3n) is 8.62. The van der Waals surface area contributed by atoms with Gasteiger partial charge >= 0.3 is 0 Å². The molecule has 3 amide bonds. The van der Waals surface area contributed by atoms with E-state index < -0.39 is 11.9 Å². The van der Waals surface area contributed by atoms with Gasteiger partial charge in [-0.1, -0.05) is 24.3 Å². The van der Waals surface area contributed by atoms with E-state index in [2.05, 4.69) is 20.2 Å². The third kappa shape index (κ3) is 4.70. The lowest BCUT2D eigenvalue weighted by molar-refractivity contribution is -0.134. The van der Waals surface area contributed by atoms with Crippen molar-refractivity contribution in [3.63, 3.8) is 0 Å². The fraction of sp³-hybridized carbons (Fsp3) is 0.281. The molecule has 1 N–H and O–H groups in total. The van der Waals surface area contributed by atoms with Crippen LogP contribution in [0, 0.1) is 12.4 Å². The van der Waals surface area contributed by atoms with E-state index in [0.717, 1.165) is 35.1 Å². The van der Waals surface area contributed by atoms with Crippen LogP contribution in [-0.2, 0) is 22.7 Å². The van der Waals surface area contributed by atoms with Crippen LogP contribution in [0.5, 0.6) is 0 Å². The normalized spacial score (nSPS) is 18.8. The van der Waals surface area contributed by atoms with E-state index in [-0.39, 0.29) is 24.1 Å². The Labute approximate surface area is 247 Å². The molecule has 10 nitrogen and oxygen atoms in total. The molecule has 7 rings (SSSR count). The van der Waals surface area contributed by atoms with E-state index in [9.17, 15) is 18.8 Å². The number of hydrogen-bond acceptors (Lipinski definition) is 6. The summed E-state index contributed by atoms with van der Waals surface area (Å²) < 4.78 is 16.5. The van der Waals surface area contributed by atoms with Gasteiger partial charge in [0.1, 0.15) is 11.9 Å². The van der Waals surface area contributed by atoms with Gasteiger partial charge in [0.25, 0.3) is 5.91 Å². The van der Waals surface area contributed by atoms with Crippen LogP contribution < -0.4 is 15.1 Å². The average molecular weight is 578 g/mol. The minimum atomic E-state index is -0.723. The van der Waals surface area contributed by atoms with Crippen molar-refractivity contribution >= 4 is 45.6 Å². The van der Waals surface area contributed by atoms with Gasteiger partial charge in [-0.3, -0.25) is 34.2 Å². The summed E-state index contributed by atoms with van der Waals surface area (Å²) >= 11 is 0. The largest absolute Gasteiger partial charge is 0.367 e. The molecule has 3 aliphatic rings. The first-order valence-electron chi connectivity index (χ1n) is 14.3. The number of anilines is 2. The Bertz CT molecular complexity index is 1840. The molecule has 0 spiro atoms. The molecule has 3 aromatic carbocycles. The molecule has 2 saturated heterocycles. The molecule has 0 bridgehead atoms. The van der Waals surface area contributed by atoms with Gasteiger partial charge in [0.2, 0.25) is 11.8 Å². The minimum absolute atomic E-state index is 0.197. The van der Waals surface area contributed by atoms with Gasteiger partial charge in [0, 0.05) is 56.3 Å². The molecule has 43 heavy (non-hydrogen) atoms. The number of piperazine rings is 1. The number of piperidine rings is 1. The maximum atomic E-state index is 14.6. The van der Waals surface area contributed by atoms with Crippen molar-refractivity contribution in [1.82, 2.24) is 20.0 Å². The molecule has 1 aromatic heterocycles. The quantitative estimate of drug-likeness (QED) is 0.276. The Hall–Kier alpha value is -5.08. The summed E-state index contributed by atoms with van der Waals surface area (Å²) in [5.41, 5.74) is 4.12. The second kappa shape index (κ2) is 10.6. The number of carbonyl (C=O) groups is 3. The lowest BCUT2D eigenvalue weighted by Crippen LogP contribution is -2.53. The highest BCUT2D eigenvalue weighted by atomic mass is 19.1. The minimum Gasteiger partial charge on any atom is -0.367 e. The molecular formula is C32H28FN7O3. The van der Waals surface area contributed by atoms with E-state index >= 15 is 0 Å². The molecule has 1 unspecified atom stereocenters. The highest BCUT2D eigenvalue weighted by Gasteiger charge is 2.40. The van der Waals surface area contributed by atoms with Gasteiger partial charge in [-0.15, -0.1) is 0 Å². The molecular weight excluding hydrogens is 549 g/mol. The monoisotopic (exact) mass is 577 g/mol. The highest BCUT2D eigenvalue weighted by Crippen LogP contribution is 2.41. The molecule has 4 heterocycles. The van der Waals surface area contributed by atoms with Crippen molar-refractivity contribution < 1.29 is 18.8 Å². The first-order chi connectivity index (χ1) is 20.9. The number of aromatic nitrogens is 2. The number of carbonyl (C=O) groups excluding carboxylic acids is 3. The van der Waals surface area contributed by atoms with Crippen molar-refractivity contribution in [2.75, 3.05) is 36.0 Å². The van der Waals surface area contributed by atoms with Gasteiger partial charge in [-0.2, -0.15) is 5.10 Å². The summed E-state index contributed by atoms with van der Waals surface area (Å²) in [5.74, 6) is -1.36. The maximum Gasteiger partial charge on any atom is 0.259 e. The molecule has 216 valence electrons. The molecule has 0 aliphatic carbocycles. The van der Waals surface area contributed by atoms with Gasteiger partial charge in [0.05, 0.1) is 30.2 Å². The van der Waals surface area contributed by atoms with E-state index in [4.69, 9.17) is 6.57 Å². The van der Waals surface area contributed by atoms with E-state index in [1.165, 1.54) is 11.0 Å². The van der Waals surface area contributed by atoms with Crippen LogP contribution in [0.15, 0.2) is 60.8 Å². The fourth-order valence-corrected chi connectivity index (χ4v) is 6.44. The van der Waals surface area contributed by atoms with Crippen molar-refractivity contribution in [1.29, 1.82) is 0 Å². The van der Waals surface area contributed by atoms with E-state index in [0.29, 0.717) is 55.2 Å².